The van der Waals surface area contributed by atoms with Crippen molar-refractivity contribution < 1.29 is 19.8 Å². The molecule has 0 unspecified atom stereocenters. The fourth-order valence-corrected chi connectivity index (χ4v) is 1.49. The number of imidazole rings is 1. The molecule has 2 rings (SSSR count). The average Bonchev–Trinajstić information content (AvgIpc) is 2.74. The van der Waals surface area contributed by atoms with Gasteiger partial charge in [0.15, 0.2) is 5.69 Å². The van der Waals surface area contributed by atoms with Crippen LogP contribution in [-0.2, 0) is 0 Å². The minimum atomic E-state index is -1.29. The fraction of sp³-hybridized carbons (Fsp3) is 0.0909. The third-order valence-electron chi connectivity index (χ3n) is 2.29. The van der Waals surface area contributed by atoms with Crippen LogP contribution in [0.25, 0.3) is 5.69 Å². The van der Waals surface area contributed by atoms with Gasteiger partial charge in [-0.15, -0.1) is 0 Å². The molecule has 0 aromatic carbocycles. The third kappa shape index (κ3) is 2.05. The Balaban J connectivity index is 2.60. The third-order valence-corrected chi connectivity index (χ3v) is 2.29. The van der Waals surface area contributed by atoms with Gasteiger partial charge >= 0.3 is 11.9 Å². The molecule has 0 amide bonds. The van der Waals surface area contributed by atoms with Crippen molar-refractivity contribution >= 4 is 11.9 Å². The molecule has 7 nitrogen and oxygen atoms in total. The number of carboxylic acids is 2. The Kier molecular flexibility index (Phi) is 2.80. The number of aromatic nitrogens is 3. The van der Waals surface area contributed by atoms with Crippen molar-refractivity contribution in [2.45, 2.75) is 6.92 Å². The summed E-state index contributed by atoms with van der Waals surface area (Å²) in [5.41, 5.74) is 0.349. The lowest BCUT2D eigenvalue weighted by Gasteiger charge is -2.06. The van der Waals surface area contributed by atoms with E-state index in [0.717, 1.165) is 0 Å². The highest BCUT2D eigenvalue weighted by Gasteiger charge is 2.17. The minimum absolute atomic E-state index is 0.271. The summed E-state index contributed by atoms with van der Waals surface area (Å²) in [5.74, 6) is -2.56. The van der Waals surface area contributed by atoms with Crippen molar-refractivity contribution in [3.05, 3.63) is 41.7 Å². The van der Waals surface area contributed by atoms with E-state index in [0.29, 0.717) is 5.69 Å². The normalized spacial score (nSPS) is 10.3. The maximum atomic E-state index is 11.1. The van der Waals surface area contributed by atoms with Crippen molar-refractivity contribution in [3.63, 3.8) is 0 Å². The molecule has 0 saturated heterocycles. The molecule has 2 heterocycles. The lowest BCUT2D eigenvalue weighted by molar-refractivity contribution is 0.0685. The van der Waals surface area contributed by atoms with Crippen LogP contribution in [0.15, 0.2) is 24.7 Å². The van der Waals surface area contributed by atoms with Crippen LogP contribution >= 0.6 is 0 Å². The predicted molar refractivity (Wildman–Crippen MR) is 60.0 cm³/mol. The van der Waals surface area contributed by atoms with Gasteiger partial charge in [0, 0.05) is 6.20 Å². The van der Waals surface area contributed by atoms with E-state index in [1.54, 1.807) is 13.1 Å². The molecular formula is C11H9N3O4. The van der Waals surface area contributed by atoms with E-state index in [4.69, 9.17) is 10.2 Å². The second-order valence-corrected chi connectivity index (χ2v) is 3.60. The van der Waals surface area contributed by atoms with Gasteiger partial charge in [-0.05, 0) is 19.1 Å². The highest BCUT2D eigenvalue weighted by atomic mass is 16.4. The topological polar surface area (TPSA) is 105 Å². The number of aromatic carboxylic acids is 2. The number of carboxylic acid groups (broad SMARTS) is 2. The number of pyridine rings is 1. The highest BCUT2D eigenvalue weighted by Crippen LogP contribution is 2.14. The SMILES string of the molecule is Cc1cn(-c2ccc(C(=O)O)nc2C(=O)O)cn1. The molecule has 0 spiro atoms. The number of nitrogens with zero attached hydrogens (tertiary/aromatic N) is 3. The molecule has 0 aliphatic rings. The average molecular weight is 247 g/mol. The largest absolute Gasteiger partial charge is 0.477 e. The fourth-order valence-electron chi connectivity index (χ4n) is 1.49. The van der Waals surface area contributed by atoms with E-state index in [1.165, 1.54) is 23.0 Å². The molecule has 2 aromatic rings. The van der Waals surface area contributed by atoms with Crippen molar-refractivity contribution in [1.29, 1.82) is 0 Å². The summed E-state index contributed by atoms with van der Waals surface area (Å²) >= 11 is 0. The second-order valence-electron chi connectivity index (χ2n) is 3.60. The standard InChI is InChI=1S/C11H9N3O4/c1-6-4-14(5-12-6)8-3-2-7(10(15)16)13-9(8)11(17)18/h2-5H,1H3,(H,15,16)(H,17,18). The lowest BCUT2D eigenvalue weighted by atomic mass is 10.2. The molecule has 0 aliphatic heterocycles. The summed E-state index contributed by atoms with van der Waals surface area (Å²) in [6, 6.07) is 2.64. The molecular weight excluding hydrogens is 238 g/mol. The molecule has 2 aromatic heterocycles. The van der Waals surface area contributed by atoms with Crippen molar-refractivity contribution in [2.75, 3.05) is 0 Å². The maximum absolute atomic E-state index is 11.1. The summed E-state index contributed by atoms with van der Waals surface area (Å²) in [6.07, 6.45) is 3.07. The monoisotopic (exact) mass is 247 g/mol. The number of hydrogen-bond donors (Lipinski definition) is 2. The molecule has 18 heavy (non-hydrogen) atoms. The Morgan fingerprint density at radius 3 is 2.44 bits per heavy atom. The molecule has 92 valence electrons. The molecule has 2 N–H and O–H groups in total. The maximum Gasteiger partial charge on any atom is 0.356 e. The Hall–Kier alpha value is -2.70. The lowest BCUT2D eigenvalue weighted by Crippen LogP contribution is -2.11. The Labute approximate surface area is 101 Å². The van der Waals surface area contributed by atoms with Crippen molar-refractivity contribution in [2.24, 2.45) is 0 Å². The first-order valence-corrected chi connectivity index (χ1v) is 4.97. The summed E-state index contributed by atoms with van der Waals surface area (Å²) in [6.45, 7) is 1.76. The molecule has 7 heteroatoms. The Morgan fingerprint density at radius 2 is 1.94 bits per heavy atom. The molecule has 0 bridgehead atoms. The van der Waals surface area contributed by atoms with Crippen LogP contribution in [0.1, 0.15) is 26.7 Å². The van der Waals surface area contributed by atoms with Gasteiger partial charge in [0.05, 0.1) is 17.7 Å². The Bertz CT molecular complexity index is 633. The first kappa shape index (κ1) is 11.8. The zero-order valence-electron chi connectivity index (χ0n) is 9.36. The summed E-state index contributed by atoms with van der Waals surface area (Å²) in [4.78, 5) is 29.4. The number of rotatable bonds is 3. The first-order valence-electron chi connectivity index (χ1n) is 4.97. The quantitative estimate of drug-likeness (QED) is 0.837. The van der Waals surface area contributed by atoms with E-state index in [1.807, 2.05) is 0 Å². The van der Waals surface area contributed by atoms with Gasteiger partial charge in [0.25, 0.3) is 0 Å². The van der Waals surface area contributed by atoms with Gasteiger partial charge < -0.3 is 14.8 Å². The first-order chi connectivity index (χ1) is 8.49. The highest BCUT2D eigenvalue weighted by molar-refractivity contribution is 5.92. The Morgan fingerprint density at radius 1 is 1.22 bits per heavy atom. The second kappa shape index (κ2) is 4.28. The predicted octanol–water partition coefficient (Wildman–Crippen LogP) is 0.972. The van der Waals surface area contributed by atoms with E-state index < -0.39 is 11.9 Å². The van der Waals surface area contributed by atoms with Gasteiger partial charge in [0.2, 0.25) is 0 Å². The molecule has 0 saturated carbocycles. The minimum Gasteiger partial charge on any atom is -0.477 e. The molecule has 0 fully saturated rings. The number of carbonyl (C=O) groups is 2. The van der Waals surface area contributed by atoms with Gasteiger partial charge in [-0.3, -0.25) is 0 Å². The summed E-state index contributed by atoms with van der Waals surface area (Å²) < 4.78 is 1.48. The molecule has 0 aliphatic carbocycles. The van der Waals surface area contributed by atoms with E-state index in [9.17, 15) is 9.59 Å². The van der Waals surface area contributed by atoms with E-state index in [2.05, 4.69) is 9.97 Å². The van der Waals surface area contributed by atoms with Gasteiger partial charge in [-0.25, -0.2) is 19.6 Å². The van der Waals surface area contributed by atoms with Crippen LogP contribution < -0.4 is 0 Å². The summed E-state index contributed by atoms with van der Waals surface area (Å²) in [7, 11) is 0. The van der Waals surface area contributed by atoms with Crippen LogP contribution in [-0.4, -0.2) is 36.7 Å². The number of hydrogen-bond acceptors (Lipinski definition) is 4. The van der Waals surface area contributed by atoms with Crippen LogP contribution in [0, 0.1) is 6.92 Å². The zero-order chi connectivity index (χ0) is 13.3. The van der Waals surface area contributed by atoms with Crippen LogP contribution in [0.3, 0.4) is 0 Å². The van der Waals surface area contributed by atoms with E-state index in [-0.39, 0.29) is 17.1 Å². The zero-order valence-corrected chi connectivity index (χ0v) is 9.36. The molecule has 0 radical (unpaired) electrons. The van der Waals surface area contributed by atoms with Gasteiger partial charge in [0.1, 0.15) is 5.69 Å². The van der Waals surface area contributed by atoms with Crippen molar-refractivity contribution in [1.82, 2.24) is 14.5 Å². The van der Waals surface area contributed by atoms with Gasteiger partial charge in [-0.1, -0.05) is 0 Å². The van der Waals surface area contributed by atoms with Crippen LogP contribution in [0.2, 0.25) is 0 Å². The number of aryl methyl sites for hydroxylation is 1. The van der Waals surface area contributed by atoms with Crippen LogP contribution in [0.4, 0.5) is 0 Å². The summed E-state index contributed by atoms with van der Waals surface area (Å²) in [5, 5.41) is 17.8. The smallest absolute Gasteiger partial charge is 0.356 e. The van der Waals surface area contributed by atoms with E-state index >= 15 is 0 Å². The van der Waals surface area contributed by atoms with Gasteiger partial charge in [-0.2, -0.15) is 0 Å². The van der Waals surface area contributed by atoms with Crippen molar-refractivity contribution in [3.8, 4) is 5.69 Å². The van der Waals surface area contributed by atoms with Crippen LogP contribution in [0.5, 0.6) is 0 Å². The molecule has 0 atom stereocenters.